The van der Waals surface area contributed by atoms with Gasteiger partial charge in [-0.1, -0.05) is 63.2 Å². The molecule has 172 valence electrons. The predicted octanol–water partition coefficient (Wildman–Crippen LogP) is 8.86. The molecular weight excluding hydrogens is 446 g/mol. The van der Waals surface area contributed by atoms with Crippen LogP contribution >= 0.6 is 11.3 Å². The van der Waals surface area contributed by atoms with Gasteiger partial charge >= 0.3 is 0 Å². The molecule has 0 saturated heterocycles. The van der Waals surface area contributed by atoms with Gasteiger partial charge in [0.05, 0.1) is 10.9 Å². The summed E-state index contributed by atoms with van der Waals surface area (Å²) in [7, 11) is 2.17. The minimum Gasteiger partial charge on any atom is -0.455 e. The third-order valence-corrected chi connectivity index (χ3v) is 8.52. The third-order valence-electron chi connectivity index (χ3n) is 7.40. The third kappa shape index (κ3) is 2.91. The highest BCUT2D eigenvalue weighted by Crippen LogP contribution is 2.55. The number of hydrogen-bond acceptors (Lipinski definition) is 2. The Morgan fingerprint density at radius 3 is 2.31 bits per heavy atom. The first kappa shape index (κ1) is 20.9. The van der Waals surface area contributed by atoms with Gasteiger partial charge in [-0.05, 0) is 52.6 Å². The zero-order valence-corrected chi connectivity index (χ0v) is 21.6. The van der Waals surface area contributed by atoms with Crippen LogP contribution in [0.25, 0.3) is 53.0 Å². The summed E-state index contributed by atoms with van der Waals surface area (Å²) in [6, 6.07) is 22.1. The van der Waals surface area contributed by atoms with Crippen LogP contribution in [0.2, 0.25) is 0 Å². The largest absolute Gasteiger partial charge is 0.455 e. The maximum atomic E-state index is 7.14. The van der Waals surface area contributed by atoms with Crippen LogP contribution in [0.15, 0.2) is 66.9 Å². The number of fused-ring (bicyclic) bond motifs is 7. The lowest BCUT2D eigenvalue weighted by molar-refractivity contribution is -0.659. The maximum Gasteiger partial charge on any atom is 0.228 e. The van der Waals surface area contributed by atoms with Gasteiger partial charge in [0.1, 0.15) is 12.8 Å². The lowest BCUT2D eigenvalue weighted by Gasteiger charge is -2.28. The van der Waals surface area contributed by atoms with Crippen LogP contribution in [0, 0.1) is 12.3 Å². The SMILES string of the molecule is Cc1c2c(c(CC(C)(C)C)c3ccccc13)Oc1c3c-2[n+](C)ccc3cc2sc3ccccc3c12. The predicted molar refractivity (Wildman–Crippen MR) is 149 cm³/mol. The number of benzene rings is 4. The Hall–Kier alpha value is -3.43. The fourth-order valence-electron chi connectivity index (χ4n) is 5.95. The van der Waals surface area contributed by atoms with E-state index in [4.69, 9.17) is 4.74 Å². The minimum atomic E-state index is 0.130. The lowest BCUT2D eigenvalue weighted by atomic mass is 9.81. The average molecular weight is 475 g/mol. The van der Waals surface area contributed by atoms with Crippen LogP contribution in [-0.4, -0.2) is 0 Å². The van der Waals surface area contributed by atoms with E-state index in [1.54, 1.807) is 0 Å². The van der Waals surface area contributed by atoms with E-state index in [-0.39, 0.29) is 5.41 Å². The summed E-state index contributed by atoms with van der Waals surface area (Å²) >= 11 is 1.85. The van der Waals surface area contributed by atoms with E-state index >= 15 is 0 Å². The van der Waals surface area contributed by atoms with E-state index in [1.807, 2.05) is 11.3 Å². The second-order valence-corrected chi connectivity index (χ2v) is 12.2. The number of aromatic nitrogens is 1. The van der Waals surface area contributed by atoms with E-state index in [0.717, 1.165) is 17.9 Å². The van der Waals surface area contributed by atoms with Gasteiger partial charge in [0, 0.05) is 31.8 Å². The van der Waals surface area contributed by atoms with Crippen molar-refractivity contribution in [1.82, 2.24) is 0 Å². The molecule has 0 N–H and O–H groups in total. The van der Waals surface area contributed by atoms with Crippen LogP contribution < -0.4 is 9.30 Å². The summed E-state index contributed by atoms with van der Waals surface area (Å²) < 4.78 is 12.0. The van der Waals surface area contributed by atoms with E-state index in [9.17, 15) is 0 Å². The van der Waals surface area contributed by atoms with E-state index in [1.165, 1.54) is 64.1 Å². The van der Waals surface area contributed by atoms with Crippen LogP contribution in [-0.2, 0) is 13.5 Å². The maximum absolute atomic E-state index is 7.14. The molecule has 35 heavy (non-hydrogen) atoms. The quantitative estimate of drug-likeness (QED) is 0.217. The molecule has 6 aromatic rings. The monoisotopic (exact) mass is 474 g/mol. The molecule has 2 aromatic heterocycles. The standard InChI is InChI=1S/C32H28NOS/c1-18-20-10-6-7-11-21(20)23(17-32(2,3)4)30-26(18)29-27-19(14-15-33(29)5)16-25-28(31(27)34-30)22-12-8-9-13-24(22)35-25/h6-16H,17H2,1-5H3/q+1. The van der Waals surface area contributed by atoms with Crippen molar-refractivity contribution in [3.63, 3.8) is 0 Å². The lowest BCUT2D eigenvalue weighted by Crippen LogP contribution is -2.32. The van der Waals surface area contributed by atoms with E-state index in [2.05, 4.69) is 106 Å². The first-order valence-corrected chi connectivity index (χ1v) is 13.1. The van der Waals surface area contributed by atoms with Gasteiger partial charge in [0.15, 0.2) is 11.9 Å². The van der Waals surface area contributed by atoms with Crippen molar-refractivity contribution in [3.8, 4) is 22.8 Å². The molecule has 2 nitrogen and oxygen atoms in total. The van der Waals surface area contributed by atoms with Crippen molar-refractivity contribution in [1.29, 1.82) is 0 Å². The summed E-state index contributed by atoms with van der Waals surface area (Å²) in [6.07, 6.45) is 3.15. The van der Waals surface area contributed by atoms with Gasteiger partial charge in [0.2, 0.25) is 5.69 Å². The molecule has 0 radical (unpaired) electrons. The van der Waals surface area contributed by atoms with Gasteiger partial charge in [-0.2, -0.15) is 0 Å². The number of rotatable bonds is 1. The number of aryl methyl sites for hydroxylation is 2. The second kappa shape index (κ2) is 7.05. The van der Waals surface area contributed by atoms with Gasteiger partial charge in [-0.25, -0.2) is 4.57 Å². The number of ether oxygens (including phenoxy) is 1. The molecule has 0 bridgehead atoms. The molecule has 0 saturated carbocycles. The van der Waals surface area contributed by atoms with Crippen LogP contribution in [0.4, 0.5) is 0 Å². The summed E-state index contributed by atoms with van der Waals surface area (Å²) in [5.41, 5.74) is 5.23. The topological polar surface area (TPSA) is 13.1 Å². The summed E-state index contributed by atoms with van der Waals surface area (Å²) in [4.78, 5) is 0. The molecular formula is C32H28NOS+. The molecule has 0 atom stereocenters. The van der Waals surface area contributed by atoms with Crippen molar-refractivity contribution in [2.24, 2.45) is 12.5 Å². The first-order chi connectivity index (χ1) is 16.8. The summed E-state index contributed by atoms with van der Waals surface area (Å²) in [6.45, 7) is 9.20. The normalized spacial score (nSPS) is 13.1. The molecule has 1 aliphatic rings. The molecule has 0 fully saturated rings. The Morgan fingerprint density at radius 1 is 0.829 bits per heavy atom. The Kier molecular flexibility index (Phi) is 4.21. The number of pyridine rings is 1. The molecule has 0 aliphatic carbocycles. The van der Waals surface area contributed by atoms with E-state index in [0.29, 0.717) is 0 Å². The van der Waals surface area contributed by atoms with Crippen molar-refractivity contribution >= 4 is 53.1 Å². The molecule has 1 aliphatic heterocycles. The van der Waals surface area contributed by atoms with Crippen molar-refractivity contribution < 1.29 is 9.30 Å². The van der Waals surface area contributed by atoms with Crippen molar-refractivity contribution in [3.05, 3.63) is 78.0 Å². The van der Waals surface area contributed by atoms with Gasteiger partial charge in [-0.3, -0.25) is 0 Å². The minimum absolute atomic E-state index is 0.130. The van der Waals surface area contributed by atoms with Gasteiger partial charge in [0.25, 0.3) is 0 Å². The number of thiophene rings is 1. The molecule has 0 amide bonds. The molecule has 3 heterocycles. The molecule has 3 heteroatoms. The number of hydrogen-bond donors (Lipinski definition) is 0. The zero-order valence-electron chi connectivity index (χ0n) is 20.8. The zero-order chi connectivity index (χ0) is 24.1. The highest BCUT2D eigenvalue weighted by molar-refractivity contribution is 7.26. The van der Waals surface area contributed by atoms with Crippen molar-refractivity contribution in [2.45, 2.75) is 34.1 Å². The Bertz CT molecular complexity index is 1850. The van der Waals surface area contributed by atoms with Gasteiger partial charge in [-0.15, -0.1) is 11.3 Å². The van der Waals surface area contributed by atoms with Crippen LogP contribution in [0.5, 0.6) is 11.5 Å². The summed E-state index contributed by atoms with van der Waals surface area (Å²) in [5, 5.41) is 7.60. The Morgan fingerprint density at radius 2 is 1.54 bits per heavy atom. The van der Waals surface area contributed by atoms with Crippen LogP contribution in [0.3, 0.4) is 0 Å². The number of nitrogens with zero attached hydrogens (tertiary/aromatic N) is 1. The fourth-order valence-corrected chi connectivity index (χ4v) is 7.10. The fraction of sp³-hybridized carbons (Fsp3) is 0.219. The summed E-state index contributed by atoms with van der Waals surface area (Å²) in [5.74, 6) is 2.05. The molecule has 7 rings (SSSR count). The first-order valence-electron chi connectivity index (χ1n) is 12.3. The highest BCUT2D eigenvalue weighted by atomic mass is 32.1. The molecule has 0 unspecified atom stereocenters. The average Bonchev–Trinajstić information content (AvgIpc) is 3.21. The second-order valence-electron chi connectivity index (χ2n) is 11.1. The Labute approximate surface area is 209 Å². The molecule has 4 aromatic carbocycles. The van der Waals surface area contributed by atoms with Crippen molar-refractivity contribution in [2.75, 3.05) is 0 Å². The van der Waals surface area contributed by atoms with E-state index < -0.39 is 0 Å². The highest BCUT2D eigenvalue weighted by Gasteiger charge is 2.35. The Balaban J connectivity index is 1.71. The van der Waals surface area contributed by atoms with Gasteiger partial charge < -0.3 is 4.74 Å². The van der Waals surface area contributed by atoms with Crippen LogP contribution in [0.1, 0.15) is 31.9 Å². The smallest absolute Gasteiger partial charge is 0.228 e. The molecule has 0 spiro atoms.